The van der Waals surface area contributed by atoms with Crippen LogP contribution < -0.4 is 4.74 Å². The summed E-state index contributed by atoms with van der Waals surface area (Å²) in [6, 6.07) is 7.90. The van der Waals surface area contributed by atoms with E-state index in [1.165, 1.54) is 0 Å². The lowest BCUT2D eigenvalue weighted by Gasteiger charge is -2.24. The monoisotopic (exact) mass is 260 g/mol. The molecule has 0 aliphatic rings. The molecule has 0 aliphatic carbocycles. The Balaban J connectivity index is 3.06. The number of nitrogens with one attached hydrogen (secondary N) is 1. The van der Waals surface area contributed by atoms with E-state index >= 15 is 0 Å². The van der Waals surface area contributed by atoms with Crippen LogP contribution in [0.3, 0.4) is 0 Å². The normalized spacial score (nSPS) is 11.3. The summed E-state index contributed by atoms with van der Waals surface area (Å²) in [4.78, 5) is 2.06. The maximum absolute atomic E-state index is 8.37. The van der Waals surface area contributed by atoms with E-state index in [-0.39, 0.29) is 0 Å². The van der Waals surface area contributed by atoms with Gasteiger partial charge in [0.2, 0.25) is 0 Å². The van der Waals surface area contributed by atoms with Gasteiger partial charge < -0.3 is 9.64 Å². The molecule has 1 rings (SSSR count). The molecule has 1 aromatic rings. The molecule has 0 saturated heterocycles. The zero-order valence-corrected chi connectivity index (χ0v) is 12.4. The first-order chi connectivity index (χ1) is 9.17. The van der Waals surface area contributed by atoms with E-state index in [0.29, 0.717) is 5.84 Å². The van der Waals surface area contributed by atoms with E-state index < -0.39 is 0 Å². The third kappa shape index (κ3) is 3.85. The topological polar surface area (TPSA) is 36.3 Å². The van der Waals surface area contributed by atoms with Gasteiger partial charge in [0.1, 0.15) is 11.6 Å². The quantitative estimate of drug-likeness (QED) is 0.623. The zero-order valence-electron chi connectivity index (χ0n) is 12.4. The third-order valence-electron chi connectivity index (χ3n) is 3.14. The smallest absolute Gasteiger partial charge is 0.128 e. The highest BCUT2D eigenvalue weighted by atomic mass is 16.5. The summed E-state index contributed by atoms with van der Waals surface area (Å²) in [5, 5.41) is 8.37. The summed E-state index contributed by atoms with van der Waals surface area (Å²) in [6.07, 6.45) is 3.04. The number of likely N-dealkylation sites (N-methyl/N-ethyl adjacent to an activating group) is 1. The number of methoxy groups -OCH3 is 1. The van der Waals surface area contributed by atoms with Crippen molar-refractivity contribution in [3.63, 3.8) is 0 Å². The Morgan fingerprint density at radius 2 is 1.74 bits per heavy atom. The first-order valence-corrected chi connectivity index (χ1v) is 6.86. The number of rotatable bonds is 6. The van der Waals surface area contributed by atoms with Crippen molar-refractivity contribution in [1.29, 1.82) is 5.41 Å². The Labute approximate surface area is 116 Å². The fourth-order valence-corrected chi connectivity index (χ4v) is 2.04. The number of ether oxygens (including phenoxy) is 1. The molecule has 0 aliphatic heterocycles. The van der Waals surface area contributed by atoms with Gasteiger partial charge in [0.05, 0.1) is 7.11 Å². The highest BCUT2D eigenvalue weighted by Gasteiger charge is 2.12. The molecule has 1 N–H and O–H groups in total. The van der Waals surface area contributed by atoms with Crippen LogP contribution >= 0.6 is 0 Å². The van der Waals surface area contributed by atoms with Crippen molar-refractivity contribution in [2.24, 2.45) is 0 Å². The van der Waals surface area contributed by atoms with Gasteiger partial charge in [-0.05, 0) is 38.0 Å². The van der Waals surface area contributed by atoms with Gasteiger partial charge in [-0.1, -0.05) is 25.1 Å². The SMILES string of the molecule is CC/C=C(/C(=N)N(CC)CC)c1ccc(OC)cc1. The van der Waals surface area contributed by atoms with Gasteiger partial charge in [-0.25, -0.2) is 0 Å². The summed E-state index contributed by atoms with van der Waals surface area (Å²) in [7, 11) is 1.66. The van der Waals surface area contributed by atoms with Crippen LogP contribution in [-0.2, 0) is 0 Å². The van der Waals surface area contributed by atoms with Crippen LogP contribution in [0, 0.1) is 5.41 Å². The van der Waals surface area contributed by atoms with Crippen molar-refractivity contribution in [3.05, 3.63) is 35.9 Å². The molecule has 3 nitrogen and oxygen atoms in total. The van der Waals surface area contributed by atoms with Crippen LogP contribution in [0.4, 0.5) is 0 Å². The first-order valence-electron chi connectivity index (χ1n) is 6.86. The van der Waals surface area contributed by atoms with Crippen LogP contribution in [0.25, 0.3) is 5.57 Å². The molecular formula is C16H24N2O. The molecule has 0 unspecified atom stereocenters. The minimum atomic E-state index is 0.594. The lowest BCUT2D eigenvalue weighted by Crippen LogP contribution is -2.30. The molecule has 0 aromatic heterocycles. The van der Waals surface area contributed by atoms with Crippen LogP contribution in [-0.4, -0.2) is 30.9 Å². The molecule has 0 amide bonds. The molecule has 0 saturated carbocycles. The summed E-state index contributed by atoms with van der Waals surface area (Å²) < 4.78 is 5.18. The zero-order chi connectivity index (χ0) is 14.3. The van der Waals surface area contributed by atoms with E-state index in [9.17, 15) is 0 Å². The Hall–Kier alpha value is -1.77. The van der Waals surface area contributed by atoms with Gasteiger partial charge in [0.25, 0.3) is 0 Å². The molecule has 19 heavy (non-hydrogen) atoms. The van der Waals surface area contributed by atoms with E-state index in [2.05, 4.69) is 31.7 Å². The molecule has 0 radical (unpaired) electrons. The van der Waals surface area contributed by atoms with E-state index in [0.717, 1.165) is 36.4 Å². The predicted octanol–water partition coefficient (Wildman–Crippen LogP) is 3.81. The number of benzene rings is 1. The molecule has 0 spiro atoms. The Kier molecular flexibility index (Phi) is 6.13. The van der Waals surface area contributed by atoms with Crippen LogP contribution in [0.5, 0.6) is 5.75 Å². The minimum Gasteiger partial charge on any atom is -0.497 e. The maximum Gasteiger partial charge on any atom is 0.128 e. The van der Waals surface area contributed by atoms with Gasteiger partial charge in [0.15, 0.2) is 0 Å². The Bertz CT molecular complexity index is 431. The lowest BCUT2D eigenvalue weighted by molar-refractivity contribution is 0.415. The van der Waals surface area contributed by atoms with E-state index in [4.69, 9.17) is 10.1 Å². The largest absolute Gasteiger partial charge is 0.497 e. The third-order valence-corrected chi connectivity index (χ3v) is 3.14. The van der Waals surface area contributed by atoms with Crippen molar-refractivity contribution >= 4 is 11.4 Å². The van der Waals surface area contributed by atoms with Crippen molar-refractivity contribution in [3.8, 4) is 5.75 Å². The van der Waals surface area contributed by atoms with Crippen molar-refractivity contribution in [1.82, 2.24) is 4.90 Å². The standard InChI is InChI=1S/C16H24N2O/c1-5-8-15(16(17)18(6-2)7-3)13-9-11-14(19-4)12-10-13/h8-12,17H,5-7H2,1-4H3/b15-8+,17-16?. The highest BCUT2D eigenvalue weighted by Crippen LogP contribution is 2.21. The fraction of sp³-hybridized carbons (Fsp3) is 0.438. The molecule has 3 heteroatoms. The maximum atomic E-state index is 8.37. The summed E-state index contributed by atoms with van der Waals surface area (Å²) >= 11 is 0. The van der Waals surface area contributed by atoms with Crippen LogP contribution in [0.2, 0.25) is 0 Å². The number of nitrogens with zero attached hydrogens (tertiary/aromatic N) is 1. The van der Waals surface area contributed by atoms with Crippen LogP contribution in [0.1, 0.15) is 32.8 Å². The molecule has 1 aromatic carbocycles. The molecule has 0 heterocycles. The summed E-state index contributed by atoms with van der Waals surface area (Å²) in [5.41, 5.74) is 2.06. The number of hydrogen-bond donors (Lipinski definition) is 1. The second-order valence-corrected chi connectivity index (χ2v) is 4.28. The van der Waals surface area contributed by atoms with E-state index in [1.807, 2.05) is 24.3 Å². The van der Waals surface area contributed by atoms with Gasteiger partial charge >= 0.3 is 0 Å². The molecule has 0 atom stereocenters. The number of hydrogen-bond acceptors (Lipinski definition) is 2. The van der Waals surface area contributed by atoms with E-state index in [1.54, 1.807) is 7.11 Å². The second kappa shape index (κ2) is 7.62. The van der Waals surface area contributed by atoms with Crippen molar-refractivity contribution in [2.45, 2.75) is 27.2 Å². The highest BCUT2D eigenvalue weighted by molar-refractivity contribution is 6.21. The summed E-state index contributed by atoms with van der Waals surface area (Å²) in [5.74, 6) is 1.44. The average molecular weight is 260 g/mol. The number of allylic oxidation sites excluding steroid dienone is 1. The molecule has 104 valence electrons. The van der Waals surface area contributed by atoms with Crippen LogP contribution in [0.15, 0.2) is 30.3 Å². The average Bonchev–Trinajstić information content (AvgIpc) is 2.46. The fourth-order valence-electron chi connectivity index (χ4n) is 2.04. The van der Waals surface area contributed by atoms with Gasteiger partial charge in [-0.3, -0.25) is 5.41 Å². The lowest BCUT2D eigenvalue weighted by atomic mass is 10.0. The van der Waals surface area contributed by atoms with Crippen molar-refractivity contribution in [2.75, 3.05) is 20.2 Å². The second-order valence-electron chi connectivity index (χ2n) is 4.28. The predicted molar refractivity (Wildman–Crippen MR) is 81.9 cm³/mol. The molecule has 0 bridgehead atoms. The molecular weight excluding hydrogens is 236 g/mol. The van der Waals surface area contributed by atoms with Crippen molar-refractivity contribution < 1.29 is 4.74 Å². The first kappa shape index (κ1) is 15.3. The summed E-state index contributed by atoms with van der Waals surface area (Å²) in [6.45, 7) is 7.96. The Morgan fingerprint density at radius 1 is 1.16 bits per heavy atom. The van der Waals surface area contributed by atoms with Gasteiger partial charge in [-0.2, -0.15) is 0 Å². The minimum absolute atomic E-state index is 0.594. The Morgan fingerprint density at radius 3 is 2.16 bits per heavy atom. The van der Waals surface area contributed by atoms with Gasteiger partial charge in [-0.15, -0.1) is 0 Å². The number of amidine groups is 1. The van der Waals surface area contributed by atoms with Gasteiger partial charge in [0, 0.05) is 18.7 Å². The molecule has 0 fully saturated rings.